The number of fused-ring (bicyclic) bond motifs is 1. The number of carboxylic acids is 1. The van der Waals surface area contributed by atoms with Gasteiger partial charge in [-0.05, 0) is 59.9 Å². The molecule has 2 N–H and O–H groups in total. The van der Waals surface area contributed by atoms with E-state index in [2.05, 4.69) is 5.32 Å². The molecule has 0 spiro atoms. The molecule has 1 aliphatic heterocycles. The van der Waals surface area contributed by atoms with Crippen molar-refractivity contribution in [2.24, 2.45) is 0 Å². The predicted octanol–water partition coefficient (Wildman–Crippen LogP) is 5.60. The molecule has 3 aromatic rings. The van der Waals surface area contributed by atoms with Gasteiger partial charge in [0, 0.05) is 24.1 Å². The summed E-state index contributed by atoms with van der Waals surface area (Å²) >= 11 is 0. The monoisotopic (exact) mass is 514 g/mol. The van der Waals surface area contributed by atoms with Gasteiger partial charge in [0.15, 0.2) is 5.78 Å². The predicted molar refractivity (Wildman–Crippen MR) is 141 cm³/mol. The molecule has 194 valence electrons. The first-order valence-corrected chi connectivity index (χ1v) is 12.4. The summed E-state index contributed by atoms with van der Waals surface area (Å²) in [4.78, 5) is 40.3. The highest BCUT2D eigenvalue weighted by Crippen LogP contribution is 2.47. The van der Waals surface area contributed by atoms with Gasteiger partial charge in [0.05, 0.1) is 30.9 Å². The second kappa shape index (κ2) is 10.5. The summed E-state index contributed by atoms with van der Waals surface area (Å²) < 4.78 is 19.3. The van der Waals surface area contributed by atoms with Gasteiger partial charge in [0.2, 0.25) is 5.91 Å². The number of halogens is 1. The van der Waals surface area contributed by atoms with E-state index in [0.717, 1.165) is 5.56 Å². The lowest BCUT2D eigenvalue weighted by Crippen LogP contribution is -2.38. The number of anilines is 2. The van der Waals surface area contributed by atoms with Crippen LogP contribution in [-0.2, 0) is 14.4 Å². The molecule has 8 heteroatoms. The molecule has 0 radical (unpaired) electrons. The topological polar surface area (TPSA) is 95.9 Å². The zero-order valence-corrected chi connectivity index (χ0v) is 20.8. The molecule has 0 bridgehead atoms. The van der Waals surface area contributed by atoms with Crippen molar-refractivity contribution >= 4 is 29.0 Å². The average Bonchev–Trinajstić information content (AvgIpc) is 3.07. The lowest BCUT2D eigenvalue weighted by atomic mass is 9.78. The van der Waals surface area contributed by atoms with Crippen LogP contribution in [-0.4, -0.2) is 29.9 Å². The van der Waals surface area contributed by atoms with Gasteiger partial charge in [-0.2, -0.15) is 0 Å². The third kappa shape index (κ3) is 4.89. The van der Waals surface area contributed by atoms with Gasteiger partial charge in [0.1, 0.15) is 11.6 Å². The van der Waals surface area contributed by atoms with Crippen molar-refractivity contribution in [3.05, 3.63) is 101 Å². The number of hydrogen-bond donors (Lipinski definition) is 2. The van der Waals surface area contributed by atoms with E-state index in [9.17, 15) is 23.9 Å². The maximum absolute atomic E-state index is 13.9. The fourth-order valence-electron chi connectivity index (χ4n) is 5.29. The summed E-state index contributed by atoms with van der Waals surface area (Å²) in [7, 11) is 1.60. The fraction of sp³-hybridized carbons (Fsp3) is 0.233. The molecule has 0 fully saturated rings. The van der Waals surface area contributed by atoms with Crippen LogP contribution in [0.5, 0.6) is 5.75 Å². The van der Waals surface area contributed by atoms with Gasteiger partial charge in [-0.25, -0.2) is 4.39 Å². The van der Waals surface area contributed by atoms with Gasteiger partial charge >= 0.3 is 5.97 Å². The summed E-state index contributed by atoms with van der Waals surface area (Å²) in [5.74, 6) is -1.51. The summed E-state index contributed by atoms with van der Waals surface area (Å²) in [6, 6.07) is 19.7. The minimum Gasteiger partial charge on any atom is -0.497 e. The van der Waals surface area contributed by atoms with Gasteiger partial charge in [0.25, 0.3) is 0 Å². The molecule has 3 aromatic carbocycles. The SMILES string of the molecule is COc1cccc([C@@H]2CC(=O)C3=C(C2)Nc2ccccc2N(C(=O)CCC(=O)O)[C@@H]3c2ccc(F)cc2)c1. The number of para-hydroxylation sites is 2. The van der Waals surface area contributed by atoms with Gasteiger partial charge < -0.3 is 15.2 Å². The number of nitrogens with zero attached hydrogens (tertiary/aromatic N) is 1. The smallest absolute Gasteiger partial charge is 0.303 e. The van der Waals surface area contributed by atoms with E-state index < -0.39 is 23.7 Å². The Labute approximate surface area is 219 Å². The van der Waals surface area contributed by atoms with Crippen molar-refractivity contribution < 1.29 is 28.6 Å². The van der Waals surface area contributed by atoms with Gasteiger partial charge in [-0.15, -0.1) is 0 Å². The average molecular weight is 515 g/mol. The highest BCUT2D eigenvalue weighted by molar-refractivity contribution is 6.06. The lowest BCUT2D eigenvalue weighted by Gasteiger charge is -2.35. The van der Waals surface area contributed by atoms with Crippen LogP contribution in [0.1, 0.15) is 48.8 Å². The van der Waals surface area contributed by atoms with Crippen LogP contribution >= 0.6 is 0 Å². The number of carbonyl (C=O) groups is 3. The van der Waals surface area contributed by atoms with Crippen LogP contribution < -0.4 is 15.0 Å². The third-order valence-electron chi connectivity index (χ3n) is 7.06. The maximum Gasteiger partial charge on any atom is 0.303 e. The molecule has 5 rings (SSSR count). The van der Waals surface area contributed by atoms with Crippen LogP contribution in [0, 0.1) is 5.82 Å². The van der Waals surface area contributed by atoms with E-state index in [-0.39, 0.29) is 31.0 Å². The van der Waals surface area contributed by atoms with Crippen molar-refractivity contribution in [3.8, 4) is 5.75 Å². The number of ether oxygens (including phenoxy) is 1. The van der Waals surface area contributed by atoms with Crippen LogP contribution in [0.25, 0.3) is 0 Å². The van der Waals surface area contributed by atoms with E-state index in [0.29, 0.717) is 40.4 Å². The summed E-state index contributed by atoms with van der Waals surface area (Å²) in [6.45, 7) is 0. The number of aliphatic carboxylic acids is 1. The quantitative estimate of drug-likeness (QED) is 0.445. The van der Waals surface area contributed by atoms with Crippen LogP contribution in [0.3, 0.4) is 0 Å². The Morgan fingerprint density at radius 2 is 1.76 bits per heavy atom. The summed E-state index contributed by atoms with van der Waals surface area (Å²) in [5.41, 5.74) is 3.80. The molecule has 0 saturated carbocycles. The number of amides is 1. The molecule has 2 atom stereocenters. The van der Waals surface area contributed by atoms with E-state index in [1.807, 2.05) is 36.4 Å². The second-order valence-electron chi connectivity index (χ2n) is 9.45. The number of Topliss-reactive ketones (excluding diaryl/α,β-unsaturated/α-hetero) is 1. The number of rotatable bonds is 6. The number of ketones is 1. The number of methoxy groups -OCH3 is 1. The number of hydrogen-bond acceptors (Lipinski definition) is 5. The van der Waals surface area contributed by atoms with E-state index in [1.165, 1.54) is 17.0 Å². The Kier molecular flexibility index (Phi) is 6.96. The minimum absolute atomic E-state index is 0.112. The highest BCUT2D eigenvalue weighted by atomic mass is 19.1. The molecule has 1 aliphatic carbocycles. The molecule has 1 heterocycles. The Morgan fingerprint density at radius 1 is 1.00 bits per heavy atom. The molecule has 7 nitrogen and oxygen atoms in total. The van der Waals surface area contributed by atoms with Crippen LogP contribution in [0.15, 0.2) is 84.1 Å². The van der Waals surface area contributed by atoms with Crippen molar-refractivity contribution in [1.29, 1.82) is 0 Å². The van der Waals surface area contributed by atoms with Crippen molar-refractivity contribution in [2.45, 2.75) is 37.6 Å². The Morgan fingerprint density at radius 3 is 2.50 bits per heavy atom. The molecule has 0 saturated heterocycles. The minimum atomic E-state index is -1.09. The number of benzene rings is 3. The molecule has 38 heavy (non-hydrogen) atoms. The standard InChI is InChI=1S/C30H27FN2O5/c1-38-22-6-4-5-19(15-22)20-16-24-29(26(34)17-20)30(18-9-11-21(31)12-10-18)33(27(35)13-14-28(36)37)25-8-3-2-7-23(25)32-24/h2-12,15,20,30,32H,13-14,16-17H2,1H3,(H,36,37)/t20-,30+/m0/s1. The Bertz CT molecular complexity index is 1430. The fourth-order valence-corrected chi connectivity index (χ4v) is 5.29. The number of nitrogens with one attached hydrogen (secondary N) is 1. The molecule has 1 amide bonds. The second-order valence-corrected chi connectivity index (χ2v) is 9.45. The zero-order chi connectivity index (χ0) is 26.8. The Hall–Kier alpha value is -4.46. The van der Waals surface area contributed by atoms with E-state index >= 15 is 0 Å². The van der Waals surface area contributed by atoms with Crippen molar-refractivity contribution in [3.63, 3.8) is 0 Å². The largest absolute Gasteiger partial charge is 0.497 e. The first-order valence-electron chi connectivity index (χ1n) is 12.4. The lowest BCUT2D eigenvalue weighted by molar-refractivity contribution is -0.138. The molecule has 2 aliphatic rings. The van der Waals surface area contributed by atoms with Crippen molar-refractivity contribution in [2.75, 3.05) is 17.3 Å². The number of carbonyl (C=O) groups excluding carboxylic acids is 2. The third-order valence-corrected chi connectivity index (χ3v) is 7.06. The first kappa shape index (κ1) is 25.2. The summed E-state index contributed by atoms with van der Waals surface area (Å²) in [5, 5.41) is 12.7. The van der Waals surface area contributed by atoms with Crippen LogP contribution in [0.2, 0.25) is 0 Å². The van der Waals surface area contributed by atoms with E-state index in [1.54, 1.807) is 31.4 Å². The number of carboxylic acid groups (broad SMARTS) is 1. The first-order chi connectivity index (χ1) is 18.4. The molecule has 0 aromatic heterocycles. The van der Waals surface area contributed by atoms with Crippen LogP contribution in [0.4, 0.5) is 15.8 Å². The zero-order valence-electron chi connectivity index (χ0n) is 20.8. The highest BCUT2D eigenvalue weighted by Gasteiger charge is 2.41. The van der Waals surface area contributed by atoms with Gasteiger partial charge in [-0.3, -0.25) is 19.3 Å². The normalized spacial score (nSPS) is 18.7. The molecular weight excluding hydrogens is 487 g/mol. The molecule has 0 unspecified atom stereocenters. The molecular formula is C30H27FN2O5. The van der Waals surface area contributed by atoms with Crippen molar-refractivity contribution in [1.82, 2.24) is 0 Å². The van der Waals surface area contributed by atoms with Gasteiger partial charge in [-0.1, -0.05) is 36.4 Å². The summed E-state index contributed by atoms with van der Waals surface area (Å²) in [6.07, 6.45) is 0.139. The maximum atomic E-state index is 13.9. The van der Waals surface area contributed by atoms with E-state index in [4.69, 9.17) is 4.74 Å². The Balaban J connectivity index is 1.67. The number of allylic oxidation sites excluding steroid dienone is 1.